The van der Waals surface area contributed by atoms with Gasteiger partial charge in [0.15, 0.2) is 0 Å². The predicted molar refractivity (Wildman–Crippen MR) is 124 cm³/mol. The molecule has 0 N–H and O–H groups in total. The number of imidazole rings is 1. The third-order valence-corrected chi connectivity index (χ3v) is 7.19. The van der Waals surface area contributed by atoms with Crippen LogP contribution in [0.1, 0.15) is 24.2 Å². The molecule has 6 nitrogen and oxygen atoms in total. The predicted octanol–water partition coefficient (Wildman–Crippen LogP) is 3.56. The molecule has 2 aliphatic rings. The van der Waals surface area contributed by atoms with E-state index in [1.807, 2.05) is 41.4 Å². The molecular formula is C26H30N4O2. The molecule has 1 aromatic heterocycles. The van der Waals surface area contributed by atoms with Crippen molar-refractivity contribution in [3.63, 3.8) is 0 Å². The van der Waals surface area contributed by atoms with Gasteiger partial charge in [0.25, 0.3) is 0 Å². The Balaban J connectivity index is 1.32. The number of amides is 1. The average Bonchev–Trinajstić information content (AvgIpc) is 3.28. The monoisotopic (exact) mass is 430 g/mol. The minimum Gasteiger partial charge on any atom is -0.497 e. The molecule has 1 spiro atoms. The lowest BCUT2D eigenvalue weighted by Crippen LogP contribution is -2.57. The Morgan fingerprint density at radius 1 is 1.00 bits per heavy atom. The molecule has 2 aromatic carbocycles. The largest absolute Gasteiger partial charge is 0.497 e. The van der Waals surface area contributed by atoms with Gasteiger partial charge in [-0.3, -0.25) is 9.69 Å². The van der Waals surface area contributed by atoms with Gasteiger partial charge in [-0.15, -0.1) is 0 Å². The van der Waals surface area contributed by atoms with E-state index in [1.165, 1.54) is 11.3 Å². The molecule has 0 atom stereocenters. The molecule has 0 saturated carbocycles. The highest BCUT2D eigenvalue weighted by atomic mass is 16.5. The van der Waals surface area contributed by atoms with Crippen molar-refractivity contribution in [2.24, 2.45) is 0 Å². The average molecular weight is 431 g/mol. The lowest BCUT2D eigenvalue weighted by Gasteiger charge is -2.49. The number of likely N-dealkylation sites (tertiary alicyclic amines) is 1. The number of methoxy groups -OCH3 is 1. The zero-order valence-corrected chi connectivity index (χ0v) is 18.8. The highest BCUT2D eigenvalue weighted by Gasteiger charge is 2.46. The van der Waals surface area contributed by atoms with Crippen molar-refractivity contribution in [2.45, 2.75) is 31.3 Å². The van der Waals surface area contributed by atoms with E-state index in [2.05, 4.69) is 40.8 Å². The van der Waals surface area contributed by atoms with Crippen molar-refractivity contribution in [3.8, 4) is 17.0 Å². The van der Waals surface area contributed by atoms with Crippen molar-refractivity contribution >= 4 is 5.91 Å². The quantitative estimate of drug-likeness (QED) is 0.635. The summed E-state index contributed by atoms with van der Waals surface area (Å²) in [6, 6.07) is 18.3. The first-order chi connectivity index (χ1) is 15.6. The van der Waals surface area contributed by atoms with Gasteiger partial charge in [-0.2, -0.15) is 0 Å². The second kappa shape index (κ2) is 8.43. The lowest BCUT2D eigenvalue weighted by molar-refractivity contribution is -0.133. The molecule has 1 fully saturated rings. The summed E-state index contributed by atoms with van der Waals surface area (Å²) < 4.78 is 7.61. The second-order valence-electron chi connectivity index (χ2n) is 8.84. The van der Waals surface area contributed by atoms with Crippen molar-refractivity contribution < 1.29 is 9.53 Å². The summed E-state index contributed by atoms with van der Waals surface area (Å²) in [5, 5.41) is 0. The van der Waals surface area contributed by atoms with Crippen LogP contribution in [0.2, 0.25) is 0 Å². The zero-order valence-electron chi connectivity index (χ0n) is 18.8. The molecule has 32 heavy (non-hydrogen) atoms. The van der Waals surface area contributed by atoms with Gasteiger partial charge in [-0.25, -0.2) is 4.98 Å². The van der Waals surface area contributed by atoms with E-state index in [1.54, 1.807) is 7.11 Å². The first-order valence-electron chi connectivity index (χ1n) is 11.3. The van der Waals surface area contributed by atoms with Crippen LogP contribution in [0, 0.1) is 0 Å². The Morgan fingerprint density at radius 2 is 1.72 bits per heavy atom. The molecule has 1 amide bonds. The summed E-state index contributed by atoms with van der Waals surface area (Å²) in [5.41, 5.74) is 3.31. The summed E-state index contributed by atoms with van der Waals surface area (Å²) in [5.74, 6) is 2.15. The first kappa shape index (κ1) is 20.8. The zero-order chi connectivity index (χ0) is 22.1. The number of carbonyl (C=O) groups is 1. The molecule has 3 aromatic rings. The van der Waals surface area contributed by atoms with Crippen LogP contribution in [0.3, 0.4) is 0 Å². The normalized spacial score (nSPS) is 17.9. The Kier molecular flexibility index (Phi) is 5.47. The number of ether oxygens (including phenoxy) is 1. The van der Waals surface area contributed by atoms with Crippen LogP contribution in [0.15, 0.2) is 60.8 Å². The minimum absolute atomic E-state index is 0.109. The molecule has 0 radical (unpaired) electrons. The minimum atomic E-state index is -0.109. The van der Waals surface area contributed by atoms with E-state index in [-0.39, 0.29) is 11.4 Å². The van der Waals surface area contributed by atoms with Gasteiger partial charge in [-0.1, -0.05) is 42.5 Å². The van der Waals surface area contributed by atoms with E-state index < -0.39 is 0 Å². The molecule has 0 unspecified atom stereocenters. The number of fused-ring (bicyclic) bond motifs is 2. The standard InChI is InChI=1S/C26H30N4O2/c1-28-16-17-30-23(21-6-4-3-5-7-21)19-27-25(30)26(28)12-14-29(15-13-26)24(31)18-20-8-10-22(32-2)11-9-20/h3-11,19H,12-18H2,1-2H3. The maximum atomic E-state index is 13.0. The molecule has 0 bridgehead atoms. The van der Waals surface area contributed by atoms with Crippen molar-refractivity contribution in [1.29, 1.82) is 0 Å². The second-order valence-corrected chi connectivity index (χ2v) is 8.84. The fraction of sp³-hybridized carbons (Fsp3) is 0.385. The molecular weight excluding hydrogens is 400 g/mol. The van der Waals surface area contributed by atoms with E-state index >= 15 is 0 Å². The summed E-state index contributed by atoms with van der Waals surface area (Å²) in [7, 11) is 3.86. The van der Waals surface area contributed by atoms with Crippen LogP contribution in [0.25, 0.3) is 11.3 Å². The van der Waals surface area contributed by atoms with Gasteiger partial charge in [0, 0.05) is 26.2 Å². The van der Waals surface area contributed by atoms with Gasteiger partial charge in [0.05, 0.1) is 31.0 Å². The van der Waals surface area contributed by atoms with Crippen molar-refractivity contribution in [2.75, 3.05) is 33.8 Å². The SMILES string of the molecule is COc1ccc(CC(=O)N2CCC3(CC2)c2ncc(-c4ccccc4)n2CCN3C)cc1. The smallest absolute Gasteiger partial charge is 0.226 e. The third kappa shape index (κ3) is 3.58. The third-order valence-electron chi connectivity index (χ3n) is 7.19. The fourth-order valence-electron chi connectivity index (χ4n) is 5.21. The molecule has 1 saturated heterocycles. The molecule has 6 heteroatoms. The van der Waals surface area contributed by atoms with E-state index in [4.69, 9.17) is 9.72 Å². The molecule has 2 aliphatic heterocycles. The summed E-state index contributed by atoms with van der Waals surface area (Å²) in [6.45, 7) is 3.45. The van der Waals surface area contributed by atoms with Gasteiger partial charge < -0.3 is 14.2 Å². The fourth-order valence-corrected chi connectivity index (χ4v) is 5.21. The number of hydrogen-bond acceptors (Lipinski definition) is 4. The van der Waals surface area contributed by atoms with Gasteiger partial charge in [0.1, 0.15) is 11.6 Å². The number of likely N-dealkylation sites (N-methyl/N-ethyl adjacent to an activating group) is 1. The van der Waals surface area contributed by atoms with Crippen LogP contribution in [-0.4, -0.2) is 59.0 Å². The van der Waals surface area contributed by atoms with Crippen molar-refractivity contribution in [3.05, 3.63) is 72.2 Å². The number of nitrogens with zero attached hydrogens (tertiary/aromatic N) is 4. The van der Waals surface area contributed by atoms with Crippen molar-refractivity contribution in [1.82, 2.24) is 19.4 Å². The van der Waals surface area contributed by atoms with Crippen LogP contribution in [0.5, 0.6) is 5.75 Å². The first-order valence-corrected chi connectivity index (χ1v) is 11.3. The number of carbonyl (C=O) groups excluding carboxylic acids is 1. The molecule has 5 rings (SSSR count). The maximum Gasteiger partial charge on any atom is 0.226 e. The van der Waals surface area contributed by atoms with E-state index in [9.17, 15) is 4.79 Å². The summed E-state index contributed by atoms with van der Waals surface area (Å²) in [4.78, 5) is 22.4. The molecule has 0 aliphatic carbocycles. The Labute approximate surface area is 189 Å². The molecule has 3 heterocycles. The van der Waals surface area contributed by atoms with Crippen LogP contribution in [-0.2, 0) is 23.3 Å². The highest BCUT2D eigenvalue weighted by molar-refractivity contribution is 5.79. The van der Waals surface area contributed by atoms with E-state index in [0.29, 0.717) is 6.42 Å². The summed E-state index contributed by atoms with van der Waals surface area (Å²) in [6.07, 6.45) is 4.26. The number of hydrogen-bond donors (Lipinski definition) is 0. The van der Waals surface area contributed by atoms with Gasteiger partial charge in [0.2, 0.25) is 5.91 Å². The highest BCUT2D eigenvalue weighted by Crippen LogP contribution is 2.41. The van der Waals surface area contributed by atoms with Gasteiger partial charge in [-0.05, 0) is 43.1 Å². The van der Waals surface area contributed by atoms with Gasteiger partial charge >= 0.3 is 0 Å². The molecule has 166 valence electrons. The Bertz CT molecular complexity index is 1080. The number of benzene rings is 2. The Morgan fingerprint density at radius 3 is 2.41 bits per heavy atom. The maximum absolute atomic E-state index is 13.0. The topological polar surface area (TPSA) is 50.6 Å². The Hall–Kier alpha value is -3.12. The number of aromatic nitrogens is 2. The van der Waals surface area contributed by atoms with Crippen LogP contribution < -0.4 is 4.74 Å². The van der Waals surface area contributed by atoms with E-state index in [0.717, 1.165) is 56.2 Å². The van der Waals surface area contributed by atoms with Crippen LogP contribution in [0.4, 0.5) is 0 Å². The number of rotatable bonds is 4. The summed E-state index contributed by atoms with van der Waals surface area (Å²) >= 11 is 0. The number of piperidine rings is 1. The lowest BCUT2D eigenvalue weighted by atomic mass is 9.83. The van der Waals surface area contributed by atoms with Crippen LogP contribution >= 0.6 is 0 Å².